The van der Waals surface area contributed by atoms with E-state index < -0.39 is 13.9 Å². The Morgan fingerprint density at radius 1 is 0.821 bits per heavy atom. The molecule has 7 nitrogen and oxygen atoms in total. The molecule has 28 heavy (non-hydrogen) atoms. The number of ether oxygens (including phenoxy) is 2. The fourth-order valence-electron chi connectivity index (χ4n) is 2.83. The minimum Gasteiger partial charge on any atom is -0.379 e. The number of unbranched alkanes of at least 4 members (excludes halogenated alkanes) is 11. The van der Waals surface area contributed by atoms with Crippen LogP contribution in [0.3, 0.4) is 0 Å². The normalized spacial score (nSPS) is 14.9. The average molecular weight is 426 g/mol. The summed E-state index contributed by atoms with van der Waals surface area (Å²) in [5.41, 5.74) is 5.23. The second-order valence-corrected chi connectivity index (χ2v) is 8.66. The molecule has 0 saturated carbocycles. The van der Waals surface area contributed by atoms with E-state index in [-0.39, 0.29) is 19.8 Å². The number of hydrogen-bond donors (Lipinski definition) is 2. The van der Waals surface area contributed by atoms with Crippen LogP contribution in [0.15, 0.2) is 0 Å². The van der Waals surface area contributed by atoms with Gasteiger partial charge in [0.2, 0.25) is 0 Å². The first-order chi connectivity index (χ1) is 13.6. The van der Waals surface area contributed by atoms with Gasteiger partial charge in [-0.05, 0) is 6.42 Å². The monoisotopic (exact) mass is 425 g/mol. The summed E-state index contributed by atoms with van der Waals surface area (Å²) in [7, 11) is -2.55. The van der Waals surface area contributed by atoms with Crippen molar-refractivity contribution in [1.82, 2.24) is 0 Å². The summed E-state index contributed by atoms with van der Waals surface area (Å²) in [6, 6.07) is 0. The summed E-state index contributed by atoms with van der Waals surface area (Å²) < 4.78 is 31.9. The lowest BCUT2D eigenvalue weighted by Gasteiger charge is -2.18. The Labute approximate surface area is 172 Å². The number of methoxy groups -OCH3 is 1. The average Bonchev–Trinajstić information content (AvgIpc) is 2.69. The van der Waals surface area contributed by atoms with Crippen LogP contribution in [0, 0.1) is 0 Å². The highest BCUT2D eigenvalue weighted by molar-refractivity contribution is 7.47. The predicted octanol–water partition coefficient (Wildman–Crippen LogP) is 4.81. The Balaban J connectivity index is 3.44. The first kappa shape index (κ1) is 28.0. The molecule has 8 heteroatoms. The Kier molecular flexibility index (Phi) is 20.3. The number of nitrogens with two attached hydrogens (primary N) is 1. The van der Waals surface area contributed by atoms with Crippen LogP contribution in [-0.4, -0.2) is 51.1 Å². The van der Waals surface area contributed by atoms with Crippen molar-refractivity contribution in [3.8, 4) is 0 Å². The summed E-state index contributed by atoms with van der Waals surface area (Å²) in [5.74, 6) is 0. The second kappa shape index (κ2) is 20.3. The maximum absolute atomic E-state index is 11.6. The van der Waals surface area contributed by atoms with E-state index in [1.54, 1.807) is 0 Å². The molecule has 0 radical (unpaired) electrons. The molecule has 0 aromatic carbocycles. The molecule has 0 aliphatic carbocycles. The third-order valence-corrected chi connectivity index (χ3v) is 5.56. The van der Waals surface area contributed by atoms with Crippen molar-refractivity contribution in [1.29, 1.82) is 0 Å². The third kappa shape index (κ3) is 19.3. The van der Waals surface area contributed by atoms with Crippen molar-refractivity contribution >= 4 is 7.82 Å². The molecule has 2 unspecified atom stereocenters. The molecule has 0 rings (SSSR count). The standard InChI is InChI=1S/C20H44NO6P/c1-3-4-5-6-7-8-9-10-11-12-13-14-16-25-18-20(24-2)19-27-28(22,23)26-17-15-21/h20H,3-19,21H2,1-2H3,(H,22,23). The van der Waals surface area contributed by atoms with Gasteiger partial charge in [0.05, 0.1) is 19.8 Å². The number of phosphoric acid groups is 1. The predicted molar refractivity (Wildman–Crippen MR) is 113 cm³/mol. The minimum atomic E-state index is -4.06. The summed E-state index contributed by atoms with van der Waals surface area (Å²) in [6.45, 7) is 3.31. The number of phosphoric ester groups is 1. The Morgan fingerprint density at radius 2 is 1.36 bits per heavy atom. The van der Waals surface area contributed by atoms with Crippen LogP contribution in [0.5, 0.6) is 0 Å². The lowest BCUT2D eigenvalue weighted by molar-refractivity contribution is -0.0219. The first-order valence-corrected chi connectivity index (χ1v) is 12.5. The topological polar surface area (TPSA) is 100 Å². The molecule has 0 spiro atoms. The van der Waals surface area contributed by atoms with Crippen molar-refractivity contribution in [2.24, 2.45) is 5.73 Å². The van der Waals surface area contributed by atoms with Crippen molar-refractivity contribution in [3.63, 3.8) is 0 Å². The van der Waals surface area contributed by atoms with Crippen LogP contribution >= 0.6 is 7.82 Å². The first-order valence-electron chi connectivity index (χ1n) is 11.0. The van der Waals surface area contributed by atoms with Gasteiger partial charge in [0, 0.05) is 20.3 Å². The highest BCUT2D eigenvalue weighted by Gasteiger charge is 2.23. The number of hydrogen-bond acceptors (Lipinski definition) is 6. The van der Waals surface area contributed by atoms with Crippen LogP contribution in [0.1, 0.15) is 84.0 Å². The summed E-state index contributed by atoms with van der Waals surface area (Å²) in [4.78, 5) is 9.44. The summed E-state index contributed by atoms with van der Waals surface area (Å²) in [5, 5.41) is 0. The highest BCUT2D eigenvalue weighted by atomic mass is 31.2. The second-order valence-electron chi connectivity index (χ2n) is 7.21. The van der Waals surface area contributed by atoms with Gasteiger partial charge in [-0.25, -0.2) is 4.57 Å². The summed E-state index contributed by atoms with van der Waals surface area (Å²) >= 11 is 0. The van der Waals surface area contributed by atoms with Crippen molar-refractivity contribution in [2.45, 2.75) is 90.1 Å². The third-order valence-electron chi connectivity index (χ3n) is 4.58. The fourth-order valence-corrected chi connectivity index (χ4v) is 3.59. The van der Waals surface area contributed by atoms with E-state index >= 15 is 0 Å². The molecule has 170 valence electrons. The molecule has 2 atom stereocenters. The molecular weight excluding hydrogens is 381 g/mol. The van der Waals surface area contributed by atoms with E-state index in [2.05, 4.69) is 11.4 Å². The SMILES string of the molecule is CCCCCCCCCCCCCCOCC(COP(=O)(O)OCCN)OC. The zero-order valence-electron chi connectivity index (χ0n) is 18.1. The molecule has 0 saturated heterocycles. The van der Waals surface area contributed by atoms with E-state index in [4.69, 9.17) is 19.7 Å². The van der Waals surface area contributed by atoms with Gasteiger partial charge in [-0.1, -0.05) is 77.6 Å². The van der Waals surface area contributed by atoms with Gasteiger partial charge in [-0.2, -0.15) is 0 Å². The van der Waals surface area contributed by atoms with Crippen molar-refractivity contribution < 1.29 is 28.0 Å². The molecule has 0 heterocycles. The van der Waals surface area contributed by atoms with E-state index in [1.165, 1.54) is 77.7 Å². The molecular formula is C20H44NO6P. The van der Waals surface area contributed by atoms with Crippen LogP contribution < -0.4 is 5.73 Å². The molecule has 0 aliphatic heterocycles. The van der Waals surface area contributed by atoms with Crippen molar-refractivity contribution in [3.05, 3.63) is 0 Å². The molecule has 0 aromatic heterocycles. The zero-order chi connectivity index (χ0) is 20.9. The maximum Gasteiger partial charge on any atom is 0.472 e. The Morgan fingerprint density at radius 3 is 1.86 bits per heavy atom. The van der Waals surface area contributed by atoms with Gasteiger partial charge >= 0.3 is 7.82 Å². The van der Waals surface area contributed by atoms with Gasteiger partial charge in [-0.15, -0.1) is 0 Å². The van der Waals surface area contributed by atoms with Gasteiger partial charge in [0.15, 0.2) is 0 Å². The maximum atomic E-state index is 11.6. The molecule has 0 aliphatic rings. The largest absolute Gasteiger partial charge is 0.472 e. The quantitative estimate of drug-likeness (QED) is 0.190. The summed E-state index contributed by atoms with van der Waals surface area (Å²) in [6.07, 6.45) is 15.3. The number of rotatable bonds is 22. The van der Waals surface area contributed by atoms with Gasteiger partial charge in [0.1, 0.15) is 6.10 Å². The molecule has 0 fully saturated rings. The molecule has 0 amide bonds. The lowest BCUT2D eigenvalue weighted by Crippen LogP contribution is -2.24. The zero-order valence-corrected chi connectivity index (χ0v) is 19.0. The van der Waals surface area contributed by atoms with E-state index in [9.17, 15) is 9.46 Å². The van der Waals surface area contributed by atoms with E-state index in [0.29, 0.717) is 13.2 Å². The van der Waals surface area contributed by atoms with E-state index in [0.717, 1.165) is 6.42 Å². The van der Waals surface area contributed by atoms with Crippen molar-refractivity contribution in [2.75, 3.05) is 40.1 Å². The van der Waals surface area contributed by atoms with Crippen LogP contribution in [0.2, 0.25) is 0 Å². The van der Waals surface area contributed by atoms with E-state index in [1.807, 2.05) is 0 Å². The van der Waals surface area contributed by atoms with Gasteiger partial charge in [-0.3, -0.25) is 9.05 Å². The smallest absolute Gasteiger partial charge is 0.379 e. The molecule has 0 aromatic rings. The van der Waals surface area contributed by atoms with Crippen LogP contribution in [-0.2, 0) is 23.1 Å². The van der Waals surface area contributed by atoms with Gasteiger partial charge in [0.25, 0.3) is 0 Å². The fraction of sp³-hybridized carbons (Fsp3) is 1.00. The lowest BCUT2D eigenvalue weighted by atomic mass is 10.1. The molecule has 3 N–H and O–H groups in total. The Hall–Kier alpha value is -0.0100. The van der Waals surface area contributed by atoms with Crippen LogP contribution in [0.4, 0.5) is 0 Å². The van der Waals surface area contributed by atoms with Gasteiger partial charge < -0.3 is 20.1 Å². The highest BCUT2D eigenvalue weighted by Crippen LogP contribution is 2.42. The molecule has 0 bridgehead atoms. The Bertz CT molecular complexity index is 373. The minimum absolute atomic E-state index is 0.0269. The van der Waals surface area contributed by atoms with Crippen LogP contribution in [0.25, 0.3) is 0 Å².